The molecule has 6 nitrogen and oxygen atoms in total. The summed E-state index contributed by atoms with van der Waals surface area (Å²) in [6.45, 7) is 1.61. The van der Waals surface area contributed by atoms with Gasteiger partial charge in [0.25, 0.3) is 10.0 Å². The van der Waals surface area contributed by atoms with Gasteiger partial charge in [0, 0.05) is 5.69 Å². The van der Waals surface area contributed by atoms with E-state index in [4.69, 9.17) is 9.84 Å². The zero-order valence-electron chi connectivity index (χ0n) is 12.0. The maximum absolute atomic E-state index is 12.3. The van der Waals surface area contributed by atoms with Gasteiger partial charge in [-0.25, -0.2) is 13.2 Å². The fraction of sp³-hybridized carbons (Fsp3) is 0.133. The van der Waals surface area contributed by atoms with Crippen molar-refractivity contribution >= 4 is 21.7 Å². The largest absolute Gasteiger partial charge is 0.497 e. The first-order valence-corrected chi connectivity index (χ1v) is 7.82. The Bertz CT molecular complexity index is 797. The lowest BCUT2D eigenvalue weighted by Crippen LogP contribution is -2.13. The summed E-state index contributed by atoms with van der Waals surface area (Å²) in [4.78, 5) is 11.0. The van der Waals surface area contributed by atoms with Crippen LogP contribution in [0.15, 0.2) is 47.4 Å². The molecule has 0 aliphatic carbocycles. The van der Waals surface area contributed by atoms with Crippen molar-refractivity contribution in [3.8, 4) is 5.75 Å². The minimum atomic E-state index is -3.74. The molecule has 7 heteroatoms. The van der Waals surface area contributed by atoms with Crippen molar-refractivity contribution in [3.63, 3.8) is 0 Å². The van der Waals surface area contributed by atoms with E-state index >= 15 is 0 Å². The van der Waals surface area contributed by atoms with Gasteiger partial charge in [-0.1, -0.05) is 0 Å². The highest BCUT2D eigenvalue weighted by molar-refractivity contribution is 7.92. The van der Waals surface area contributed by atoms with Crippen LogP contribution in [0.25, 0.3) is 0 Å². The van der Waals surface area contributed by atoms with Crippen molar-refractivity contribution in [2.45, 2.75) is 11.8 Å². The summed E-state index contributed by atoms with van der Waals surface area (Å²) in [7, 11) is -2.25. The van der Waals surface area contributed by atoms with E-state index in [1.807, 2.05) is 0 Å². The predicted octanol–water partition coefficient (Wildman–Crippen LogP) is 2.50. The molecule has 0 radical (unpaired) electrons. The predicted molar refractivity (Wildman–Crippen MR) is 81.9 cm³/mol. The second-order valence-electron chi connectivity index (χ2n) is 4.62. The summed E-state index contributed by atoms with van der Waals surface area (Å²) in [5, 5.41) is 8.97. The maximum atomic E-state index is 12.3. The van der Waals surface area contributed by atoms with Gasteiger partial charge in [-0.2, -0.15) is 0 Å². The number of methoxy groups -OCH3 is 1. The highest BCUT2D eigenvalue weighted by Crippen LogP contribution is 2.21. The minimum Gasteiger partial charge on any atom is -0.497 e. The van der Waals surface area contributed by atoms with E-state index in [0.717, 1.165) is 0 Å². The topological polar surface area (TPSA) is 92.7 Å². The van der Waals surface area contributed by atoms with Crippen LogP contribution in [0.1, 0.15) is 15.9 Å². The number of hydrogen-bond acceptors (Lipinski definition) is 4. The Morgan fingerprint density at radius 3 is 2.27 bits per heavy atom. The van der Waals surface area contributed by atoms with Gasteiger partial charge in [-0.3, -0.25) is 4.72 Å². The van der Waals surface area contributed by atoms with Gasteiger partial charge in [0.1, 0.15) is 5.75 Å². The van der Waals surface area contributed by atoms with Crippen molar-refractivity contribution in [3.05, 3.63) is 53.6 Å². The number of carbonyl (C=O) groups is 1. The Hall–Kier alpha value is -2.54. The van der Waals surface area contributed by atoms with E-state index in [1.54, 1.807) is 19.1 Å². The zero-order valence-corrected chi connectivity index (χ0v) is 12.8. The number of benzene rings is 2. The summed E-state index contributed by atoms with van der Waals surface area (Å²) in [5.74, 6) is -0.498. The normalized spacial score (nSPS) is 11.0. The number of rotatable bonds is 5. The van der Waals surface area contributed by atoms with Gasteiger partial charge >= 0.3 is 5.97 Å². The lowest BCUT2D eigenvalue weighted by atomic mass is 10.1. The van der Waals surface area contributed by atoms with Crippen LogP contribution in [0.5, 0.6) is 5.75 Å². The van der Waals surface area contributed by atoms with E-state index in [1.165, 1.54) is 37.4 Å². The SMILES string of the molecule is COc1ccc(S(=O)(=O)Nc2ccc(C(=O)O)c(C)c2)cc1. The lowest BCUT2D eigenvalue weighted by molar-refractivity contribution is 0.0696. The molecular weight excluding hydrogens is 306 g/mol. The Morgan fingerprint density at radius 1 is 1.14 bits per heavy atom. The molecule has 116 valence electrons. The molecule has 0 saturated carbocycles. The molecule has 0 saturated heterocycles. The van der Waals surface area contributed by atoms with Crippen LogP contribution < -0.4 is 9.46 Å². The van der Waals surface area contributed by atoms with Gasteiger partial charge in [-0.05, 0) is 55.0 Å². The fourth-order valence-corrected chi connectivity index (χ4v) is 2.99. The van der Waals surface area contributed by atoms with E-state index in [9.17, 15) is 13.2 Å². The second-order valence-corrected chi connectivity index (χ2v) is 6.30. The van der Waals surface area contributed by atoms with Crippen LogP contribution in [0.3, 0.4) is 0 Å². The van der Waals surface area contributed by atoms with Gasteiger partial charge in [0.15, 0.2) is 0 Å². The monoisotopic (exact) mass is 321 g/mol. The molecular formula is C15H15NO5S. The fourth-order valence-electron chi connectivity index (χ4n) is 1.94. The van der Waals surface area contributed by atoms with Gasteiger partial charge in [0.05, 0.1) is 17.6 Å². The van der Waals surface area contributed by atoms with Crippen LogP contribution in [-0.4, -0.2) is 26.6 Å². The molecule has 0 heterocycles. The first-order chi connectivity index (χ1) is 10.3. The number of aromatic carboxylic acids is 1. The smallest absolute Gasteiger partial charge is 0.335 e. The number of ether oxygens (including phenoxy) is 1. The number of carboxylic acids is 1. The summed E-state index contributed by atoms with van der Waals surface area (Å²) in [6.07, 6.45) is 0. The molecule has 0 aliphatic heterocycles. The maximum Gasteiger partial charge on any atom is 0.335 e. The highest BCUT2D eigenvalue weighted by atomic mass is 32.2. The average molecular weight is 321 g/mol. The first-order valence-electron chi connectivity index (χ1n) is 6.34. The zero-order chi connectivity index (χ0) is 16.3. The molecule has 2 N–H and O–H groups in total. The van der Waals surface area contributed by atoms with Crippen molar-refractivity contribution in [2.75, 3.05) is 11.8 Å². The number of anilines is 1. The molecule has 2 aromatic rings. The summed E-state index contributed by atoms with van der Waals surface area (Å²) in [6, 6.07) is 10.2. The Balaban J connectivity index is 2.28. The highest BCUT2D eigenvalue weighted by Gasteiger charge is 2.15. The number of hydrogen-bond donors (Lipinski definition) is 2. The quantitative estimate of drug-likeness (QED) is 0.882. The van der Waals surface area contributed by atoms with E-state index in [2.05, 4.69) is 4.72 Å². The standard InChI is InChI=1S/C15H15NO5S/c1-10-9-11(3-8-14(10)15(17)18)16-22(19,20)13-6-4-12(21-2)5-7-13/h3-9,16H,1-2H3,(H,17,18). The third-order valence-corrected chi connectivity index (χ3v) is 4.48. The van der Waals surface area contributed by atoms with Crippen molar-refractivity contribution in [1.82, 2.24) is 0 Å². The number of aryl methyl sites for hydroxylation is 1. The minimum absolute atomic E-state index is 0.0910. The third-order valence-electron chi connectivity index (χ3n) is 3.08. The van der Waals surface area contributed by atoms with E-state index in [0.29, 0.717) is 17.0 Å². The third kappa shape index (κ3) is 3.37. The lowest BCUT2D eigenvalue weighted by Gasteiger charge is -2.10. The number of sulfonamides is 1. The van der Waals surface area contributed by atoms with Crippen LogP contribution in [0.2, 0.25) is 0 Å². The summed E-state index contributed by atoms with van der Waals surface area (Å²) < 4.78 is 31.9. The molecule has 0 atom stereocenters. The first kappa shape index (κ1) is 15.8. The molecule has 2 aromatic carbocycles. The molecule has 0 aromatic heterocycles. The number of carboxylic acid groups (broad SMARTS) is 1. The molecule has 0 aliphatic rings. The van der Waals surface area contributed by atoms with E-state index < -0.39 is 16.0 Å². The van der Waals surface area contributed by atoms with Gasteiger partial charge in [0.2, 0.25) is 0 Å². The summed E-state index contributed by atoms with van der Waals surface area (Å²) in [5.41, 5.74) is 0.910. The van der Waals surface area contributed by atoms with Gasteiger partial charge < -0.3 is 9.84 Å². The molecule has 0 unspecified atom stereocenters. The van der Waals surface area contributed by atoms with Gasteiger partial charge in [-0.15, -0.1) is 0 Å². The van der Waals surface area contributed by atoms with Crippen LogP contribution in [-0.2, 0) is 10.0 Å². The molecule has 22 heavy (non-hydrogen) atoms. The summed E-state index contributed by atoms with van der Waals surface area (Å²) >= 11 is 0. The molecule has 0 bridgehead atoms. The van der Waals surface area contributed by atoms with Crippen molar-refractivity contribution < 1.29 is 23.1 Å². The van der Waals surface area contributed by atoms with Crippen molar-refractivity contribution in [1.29, 1.82) is 0 Å². The Kier molecular flexibility index (Phi) is 4.37. The van der Waals surface area contributed by atoms with E-state index in [-0.39, 0.29) is 10.5 Å². The van der Waals surface area contributed by atoms with Crippen LogP contribution in [0.4, 0.5) is 5.69 Å². The molecule has 0 fully saturated rings. The average Bonchev–Trinajstić information content (AvgIpc) is 2.46. The van der Waals surface area contributed by atoms with Crippen LogP contribution >= 0.6 is 0 Å². The molecule has 2 rings (SSSR count). The Morgan fingerprint density at radius 2 is 1.77 bits per heavy atom. The number of nitrogens with one attached hydrogen (secondary N) is 1. The van der Waals surface area contributed by atoms with Crippen LogP contribution in [0, 0.1) is 6.92 Å². The molecule has 0 amide bonds. The van der Waals surface area contributed by atoms with Crippen molar-refractivity contribution in [2.24, 2.45) is 0 Å². The Labute approximate surface area is 128 Å². The second kappa shape index (κ2) is 6.07. The molecule has 0 spiro atoms.